The maximum atomic E-state index is 13.6. The van der Waals surface area contributed by atoms with Crippen LogP contribution in [0, 0.1) is 5.82 Å². The summed E-state index contributed by atoms with van der Waals surface area (Å²) in [5.74, 6) is -0.858. The minimum atomic E-state index is -0.563. The van der Waals surface area contributed by atoms with Crippen molar-refractivity contribution in [3.8, 4) is 0 Å². The summed E-state index contributed by atoms with van der Waals surface area (Å²) in [6.07, 6.45) is 0. The Kier molecular flexibility index (Phi) is 5.90. The van der Waals surface area contributed by atoms with Crippen LogP contribution in [0.25, 0.3) is 0 Å². The second-order valence-electron chi connectivity index (χ2n) is 5.60. The van der Waals surface area contributed by atoms with Gasteiger partial charge in [0, 0.05) is 12.8 Å². The molecule has 0 unspecified atom stereocenters. The first-order valence-electron chi connectivity index (χ1n) is 7.53. The van der Waals surface area contributed by atoms with Gasteiger partial charge in [0.05, 0.1) is 31.4 Å². The average Bonchev–Trinajstić information content (AvgIpc) is 2.54. The lowest BCUT2D eigenvalue weighted by molar-refractivity contribution is -0.136. The Morgan fingerprint density at radius 2 is 2.17 bits per heavy atom. The zero-order chi connectivity index (χ0) is 17.9. The number of carbonyl (C=O) groups excluding carboxylic acids is 1. The molecule has 1 aliphatic heterocycles. The van der Waals surface area contributed by atoms with Crippen LogP contribution in [0.3, 0.4) is 0 Å². The second kappa shape index (κ2) is 7.72. The fourth-order valence-corrected chi connectivity index (χ4v) is 3.35. The minimum absolute atomic E-state index is 0.0666. The normalized spacial score (nSPS) is 19.1. The summed E-state index contributed by atoms with van der Waals surface area (Å²) < 4.78 is 23.7. The van der Waals surface area contributed by atoms with Crippen molar-refractivity contribution in [3.05, 3.63) is 46.9 Å². The molecule has 1 heterocycles. The zero-order valence-corrected chi connectivity index (χ0v) is 14.9. The lowest BCUT2D eigenvalue weighted by Gasteiger charge is -2.40. The smallest absolute Gasteiger partial charge is 0.337 e. The third-order valence-electron chi connectivity index (χ3n) is 3.96. The van der Waals surface area contributed by atoms with E-state index in [1.807, 2.05) is 11.8 Å². The number of ether oxygens (including phenoxy) is 2. The first-order chi connectivity index (χ1) is 11.4. The summed E-state index contributed by atoms with van der Waals surface area (Å²) >= 11 is 5.46. The number of carbonyl (C=O) groups is 1. The molecule has 0 aromatic heterocycles. The number of nitrogens with zero attached hydrogens (tertiary/aromatic N) is 1. The number of halogens is 1. The molecular formula is C17H21FN2O3S. The van der Waals surface area contributed by atoms with Crippen molar-refractivity contribution in [3.63, 3.8) is 0 Å². The number of thiocarbonyl (C=S) groups is 1. The van der Waals surface area contributed by atoms with E-state index in [0.717, 1.165) is 0 Å². The number of esters is 1. The Bertz CT molecular complexity index is 678. The van der Waals surface area contributed by atoms with Crippen LogP contribution in [-0.4, -0.2) is 42.8 Å². The van der Waals surface area contributed by atoms with E-state index in [4.69, 9.17) is 21.7 Å². The minimum Gasteiger partial charge on any atom is -0.466 e. The molecule has 1 aromatic rings. The number of methoxy groups -OCH3 is 2. The van der Waals surface area contributed by atoms with E-state index in [9.17, 15) is 9.18 Å². The molecule has 0 saturated heterocycles. The summed E-state index contributed by atoms with van der Waals surface area (Å²) in [5, 5.41) is 3.58. The van der Waals surface area contributed by atoms with Gasteiger partial charge in [0.1, 0.15) is 5.82 Å². The molecule has 0 fully saturated rings. The summed E-state index contributed by atoms with van der Waals surface area (Å²) in [5.41, 5.74) is 1.68. The zero-order valence-electron chi connectivity index (χ0n) is 14.1. The molecule has 130 valence electrons. The maximum Gasteiger partial charge on any atom is 0.337 e. The van der Waals surface area contributed by atoms with Gasteiger partial charge in [0.25, 0.3) is 0 Å². The number of allylic oxidation sites excluding steroid dienone is 1. The highest BCUT2D eigenvalue weighted by Crippen LogP contribution is 2.32. The fraction of sp³-hybridized carbons (Fsp3) is 0.412. The molecule has 0 radical (unpaired) electrons. The van der Waals surface area contributed by atoms with Crippen LogP contribution >= 0.6 is 12.2 Å². The lowest BCUT2D eigenvalue weighted by Crippen LogP contribution is -2.52. The second-order valence-corrected chi connectivity index (χ2v) is 5.99. The van der Waals surface area contributed by atoms with Gasteiger partial charge < -0.3 is 19.7 Å². The van der Waals surface area contributed by atoms with Gasteiger partial charge in [0.15, 0.2) is 5.11 Å². The average molecular weight is 352 g/mol. The largest absolute Gasteiger partial charge is 0.466 e. The molecular weight excluding hydrogens is 331 g/mol. The topological polar surface area (TPSA) is 50.8 Å². The standard InChI is InChI=1S/C17H21FN2O3S/c1-10(9-22-3)20-11(2)14(16(21)23-4)15(19-17(20)24)12-6-5-7-13(18)8-12/h5-8,10,15H,9H2,1-4H3,(H,19,24)/t10-,15-/m1/s1. The summed E-state index contributed by atoms with van der Waals surface area (Å²) in [7, 11) is 2.92. The molecule has 1 N–H and O–H groups in total. The van der Waals surface area contributed by atoms with Crippen LogP contribution in [0.2, 0.25) is 0 Å². The third kappa shape index (κ3) is 3.57. The Labute approximate surface area is 146 Å². The van der Waals surface area contributed by atoms with Crippen molar-refractivity contribution in [2.45, 2.75) is 25.9 Å². The highest BCUT2D eigenvalue weighted by molar-refractivity contribution is 7.80. The molecule has 2 atom stereocenters. The molecule has 2 rings (SSSR count). The molecule has 7 heteroatoms. The van der Waals surface area contributed by atoms with Crippen LogP contribution in [0.15, 0.2) is 35.5 Å². The molecule has 1 aromatic carbocycles. The molecule has 0 bridgehead atoms. The van der Waals surface area contributed by atoms with E-state index in [1.165, 1.54) is 19.2 Å². The maximum absolute atomic E-state index is 13.6. The van der Waals surface area contributed by atoms with Gasteiger partial charge in [0.2, 0.25) is 0 Å². The Hall–Kier alpha value is -1.99. The highest BCUT2D eigenvalue weighted by atomic mass is 32.1. The Morgan fingerprint density at radius 3 is 2.75 bits per heavy atom. The molecule has 0 aliphatic carbocycles. The summed E-state index contributed by atoms with van der Waals surface area (Å²) in [4.78, 5) is 14.2. The molecule has 0 saturated carbocycles. The van der Waals surface area contributed by atoms with E-state index in [-0.39, 0.29) is 11.9 Å². The van der Waals surface area contributed by atoms with Crippen molar-refractivity contribution >= 4 is 23.3 Å². The molecule has 0 amide bonds. The van der Waals surface area contributed by atoms with Crippen molar-refractivity contribution < 1.29 is 18.7 Å². The van der Waals surface area contributed by atoms with E-state index in [1.54, 1.807) is 26.2 Å². The van der Waals surface area contributed by atoms with E-state index in [2.05, 4.69) is 5.32 Å². The molecule has 24 heavy (non-hydrogen) atoms. The van der Waals surface area contributed by atoms with Gasteiger partial charge in [-0.3, -0.25) is 0 Å². The predicted molar refractivity (Wildman–Crippen MR) is 92.8 cm³/mol. The SMILES string of the molecule is COC[C@@H](C)N1C(=S)N[C@H](c2cccc(F)c2)C(C(=O)OC)=C1C. The van der Waals surface area contributed by atoms with Crippen molar-refractivity contribution in [2.24, 2.45) is 0 Å². The monoisotopic (exact) mass is 352 g/mol. The van der Waals surface area contributed by atoms with Crippen LogP contribution in [0.4, 0.5) is 4.39 Å². The number of nitrogens with one attached hydrogen (secondary N) is 1. The molecule has 1 aliphatic rings. The fourth-order valence-electron chi connectivity index (χ4n) is 2.91. The number of hydrogen-bond acceptors (Lipinski definition) is 4. The van der Waals surface area contributed by atoms with Gasteiger partial charge in [-0.15, -0.1) is 0 Å². The van der Waals surface area contributed by atoms with Crippen molar-refractivity contribution in [2.75, 3.05) is 20.8 Å². The van der Waals surface area contributed by atoms with E-state index in [0.29, 0.717) is 28.6 Å². The molecule has 5 nitrogen and oxygen atoms in total. The van der Waals surface area contributed by atoms with E-state index >= 15 is 0 Å². The van der Waals surface area contributed by atoms with Gasteiger partial charge in [-0.1, -0.05) is 12.1 Å². The third-order valence-corrected chi connectivity index (χ3v) is 4.28. The van der Waals surface area contributed by atoms with Crippen LogP contribution < -0.4 is 5.32 Å². The summed E-state index contributed by atoms with van der Waals surface area (Å²) in [6.45, 7) is 4.19. The predicted octanol–water partition coefficient (Wildman–Crippen LogP) is 2.54. The lowest BCUT2D eigenvalue weighted by atomic mass is 9.94. The highest BCUT2D eigenvalue weighted by Gasteiger charge is 2.36. The van der Waals surface area contributed by atoms with Crippen LogP contribution in [0.5, 0.6) is 0 Å². The van der Waals surface area contributed by atoms with Crippen LogP contribution in [-0.2, 0) is 14.3 Å². The Balaban J connectivity index is 2.53. The van der Waals surface area contributed by atoms with E-state index < -0.39 is 12.0 Å². The Morgan fingerprint density at radius 1 is 1.46 bits per heavy atom. The first-order valence-corrected chi connectivity index (χ1v) is 7.94. The van der Waals surface area contributed by atoms with Gasteiger partial charge in [-0.05, 0) is 43.8 Å². The van der Waals surface area contributed by atoms with Crippen LogP contribution in [0.1, 0.15) is 25.5 Å². The van der Waals surface area contributed by atoms with Gasteiger partial charge >= 0.3 is 5.97 Å². The van der Waals surface area contributed by atoms with Crippen molar-refractivity contribution in [1.29, 1.82) is 0 Å². The first kappa shape index (κ1) is 18.4. The molecule has 0 spiro atoms. The van der Waals surface area contributed by atoms with Crippen molar-refractivity contribution in [1.82, 2.24) is 10.2 Å². The number of benzene rings is 1. The van der Waals surface area contributed by atoms with Gasteiger partial charge in [-0.25, -0.2) is 9.18 Å². The number of rotatable bonds is 5. The van der Waals surface area contributed by atoms with Gasteiger partial charge in [-0.2, -0.15) is 0 Å². The quantitative estimate of drug-likeness (QED) is 0.649. The summed E-state index contributed by atoms with van der Waals surface area (Å²) in [6, 6.07) is 5.44. The number of hydrogen-bond donors (Lipinski definition) is 1.